The fourth-order valence-electron chi connectivity index (χ4n) is 4.12. The summed E-state index contributed by atoms with van der Waals surface area (Å²) in [7, 11) is 0. The minimum Gasteiger partial charge on any atom is -0.372 e. The van der Waals surface area contributed by atoms with Gasteiger partial charge in [0.15, 0.2) is 5.13 Å². The van der Waals surface area contributed by atoms with Gasteiger partial charge in [-0.25, -0.2) is 4.98 Å². The van der Waals surface area contributed by atoms with E-state index in [0.29, 0.717) is 13.1 Å². The SMILES string of the molecule is Cc1ccc2nc(N3CCCC(C(=O)N4CC(C)OC(C)C4)C3)sc2c1. The molecule has 0 radical (unpaired) electrons. The van der Waals surface area contributed by atoms with E-state index >= 15 is 0 Å². The van der Waals surface area contributed by atoms with Gasteiger partial charge in [-0.05, 0) is 51.3 Å². The van der Waals surface area contributed by atoms with Crippen LogP contribution in [0.1, 0.15) is 32.3 Å². The number of carbonyl (C=O) groups excluding carboxylic acids is 1. The van der Waals surface area contributed by atoms with Crippen molar-refractivity contribution >= 4 is 32.6 Å². The Balaban J connectivity index is 1.48. The van der Waals surface area contributed by atoms with E-state index in [0.717, 1.165) is 36.6 Å². The van der Waals surface area contributed by atoms with Crippen molar-refractivity contribution in [3.8, 4) is 0 Å². The number of hydrogen-bond acceptors (Lipinski definition) is 5. The van der Waals surface area contributed by atoms with Crippen LogP contribution in [0.3, 0.4) is 0 Å². The summed E-state index contributed by atoms with van der Waals surface area (Å²) in [4.78, 5) is 22.2. The Bertz CT molecular complexity index is 795. The fraction of sp³-hybridized carbons (Fsp3) is 0.600. The number of rotatable bonds is 2. The number of carbonyl (C=O) groups is 1. The molecule has 0 bridgehead atoms. The minimum atomic E-state index is 0.0648. The molecule has 2 aromatic rings. The molecule has 140 valence electrons. The van der Waals surface area contributed by atoms with Gasteiger partial charge in [-0.1, -0.05) is 17.4 Å². The maximum atomic E-state index is 13.1. The number of hydrogen-bond donors (Lipinski definition) is 0. The molecule has 0 aliphatic carbocycles. The predicted molar refractivity (Wildman–Crippen MR) is 106 cm³/mol. The van der Waals surface area contributed by atoms with E-state index < -0.39 is 0 Å². The van der Waals surface area contributed by atoms with Gasteiger partial charge in [-0.3, -0.25) is 4.79 Å². The first-order chi connectivity index (χ1) is 12.5. The Kier molecular flexibility index (Phi) is 4.88. The maximum Gasteiger partial charge on any atom is 0.227 e. The fourth-order valence-corrected chi connectivity index (χ4v) is 5.22. The standard InChI is InChI=1S/C20H27N3O2S/c1-13-6-7-17-18(9-13)26-20(21-17)22-8-4-5-16(12-22)19(24)23-10-14(2)25-15(3)11-23/h6-7,9,14-16H,4-5,8,10-12H2,1-3H3. The van der Waals surface area contributed by atoms with Crippen molar-refractivity contribution in [1.29, 1.82) is 0 Å². The molecule has 1 aromatic heterocycles. The second kappa shape index (κ2) is 7.16. The Labute approximate surface area is 159 Å². The van der Waals surface area contributed by atoms with Crippen LogP contribution in [0.2, 0.25) is 0 Å². The zero-order valence-electron chi connectivity index (χ0n) is 15.8. The average Bonchev–Trinajstić information content (AvgIpc) is 3.03. The summed E-state index contributed by atoms with van der Waals surface area (Å²) in [6.45, 7) is 9.38. The second-order valence-corrected chi connectivity index (χ2v) is 8.76. The van der Waals surface area contributed by atoms with E-state index in [-0.39, 0.29) is 24.0 Å². The highest BCUT2D eigenvalue weighted by atomic mass is 32.1. The van der Waals surface area contributed by atoms with Gasteiger partial charge in [0.25, 0.3) is 0 Å². The number of benzene rings is 1. The van der Waals surface area contributed by atoms with Crippen molar-refractivity contribution in [2.75, 3.05) is 31.1 Å². The van der Waals surface area contributed by atoms with Crippen molar-refractivity contribution < 1.29 is 9.53 Å². The van der Waals surface area contributed by atoms with Gasteiger partial charge >= 0.3 is 0 Å². The molecule has 1 amide bonds. The number of nitrogens with zero attached hydrogens (tertiary/aromatic N) is 3. The van der Waals surface area contributed by atoms with Crippen molar-refractivity contribution in [3.63, 3.8) is 0 Å². The van der Waals surface area contributed by atoms with E-state index in [1.165, 1.54) is 10.3 Å². The molecule has 6 heteroatoms. The van der Waals surface area contributed by atoms with E-state index in [9.17, 15) is 4.79 Å². The molecular formula is C20H27N3O2S. The lowest BCUT2D eigenvalue weighted by molar-refractivity contribution is -0.147. The van der Waals surface area contributed by atoms with Crippen LogP contribution in [-0.2, 0) is 9.53 Å². The summed E-state index contributed by atoms with van der Waals surface area (Å²) in [5.41, 5.74) is 2.31. The summed E-state index contributed by atoms with van der Waals surface area (Å²) in [6.07, 6.45) is 2.25. The molecule has 2 aliphatic heterocycles. The normalized spacial score (nSPS) is 27.1. The molecular weight excluding hydrogens is 346 g/mol. The molecule has 0 saturated carbocycles. The molecule has 2 saturated heterocycles. The summed E-state index contributed by atoms with van der Waals surface area (Å²) in [6, 6.07) is 6.39. The predicted octanol–water partition coefficient (Wildman–Crippen LogP) is 3.46. The number of ether oxygens (including phenoxy) is 1. The molecule has 2 fully saturated rings. The molecule has 4 rings (SSSR count). The van der Waals surface area contributed by atoms with Gasteiger partial charge in [0.1, 0.15) is 0 Å². The highest BCUT2D eigenvalue weighted by molar-refractivity contribution is 7.22. The number of aryl methyl sites for hydroxylation is 1. The van der Waals surface area contributed by atoms with Crippen LogP contribution in [0.5, 0.6) is 0 Å². The number of morpholine rings is 1. The largest absolute Gasteiger partial charge is 0.372 e. The van der Waals surface area contributed by atoms with Gasteiger partial charge in [0, 0.05) is 26.2 Å². The summed E-state index contributed by atoms with van der Waals surface area (Å²) >= 11 is 1.74. The van der Waals surface area contributed by atoms with Gasteiger partial charge in [-0.15, -0.1) is 0 Å². The molecule has 3 heterocycles. The zero-order valence-corrected chi connectivity index (χ0v) is 16.6. The molecule has 1 aromatic carbocycles. The number of aromatic nitrogens is 1. The molecule has 26 heavy (non-hydrogen) atoms. The van der Waals surface area contributed by atoms with Crippen molar-refractivity contribution in [3.05, 3.63) is 23.8 Å². The quantitative estimate of drug-likeness (QED) is 0.809. The van der Waals surface area contributed by atoms with Crippen molar-refractivity contribution in [2.45, 2.75) is 45.8 Å². The monoisotopic (exact) mass is 373 g/mol. The first kappa shape index (κ1) is 17.7. The first-order valence-electron chi connectivity index (χ1n) is 9.56. The van der Waals surface area contributed by atoms with Gasteiger partial charge < -0.3 is 14.5 Å². The molecule has 5 nitrogen and oxygen atoms in total. The average molecular weight is 374 g/mol. The third-order valence-corrected chi connectivity index (χ3v) is 6.38. The van der Waals surface area contributed by atoms with Gasteiger partial charge in [0.2, 0.25) is 5.91 Å². The minimum absolute atomic E-state index is 0.0648. The Morgan fingerprint density at radius 1 is 1.23 bits per heavy atom. The van der Waals surface area contributed by atoms with Crippen LogP contribution in [-0.4, -0.2) is 54.2 Å². The number of anilines is 1. The number of amides is 1. The van der Waals surface area contributed by atoms with Crippen LogP contribution in [0, 0.1) is 12.8 Å². The number of thiazole rings is 1. The van der Waals surface area contributed by atoms with E-state index in [1.807, 2.05) is 18.7 Å². The van der Waals surface area contributed by atoms with Crippen LogP contribution in [0.15, 0.2) is 18.2 Å². The third kappa shape index (κ3) is 3.58. The highest BCUT2D eigenvalue weighted by Crippen LogP contribution is 2.32. The van der Waals surface area contributed by atoms with Gasteiger partial charge in [0.05, 0.1) is 28.3 Å². The smallest absolute Gasteiger partial charge is 0.227 e. The van der Waals surface area contributed by atoms with E-state index in [1.54, 1.807) is 11.3 Å². The number of piperidine rings is 1. The van der Waals surface area contributed by atoms with Crippen LogP contribution in [0.4, 0.5) is 5.13 Å². The van der Waals surface area contributed by atoms with Crippen molar-refractivity contribution in [1.82, 2.24) is 9.88 Å². The molecule has 0 spiro atoms. The summed E-state index contributed by atoms with van der Waals surface area (Å²) in [5.74, 6) is 0.351. The van der Waals surface area contributed by atoms with Gasteiger partial charge in [-0.2, -0.15) is 0 Å². The van der Waals surface area contributed by atoms with Crippen molar-refractivity contribution in [2.24, 2.45) is 5.92 Å². The third-order valence-electron chi connectivity index (χ3n) is 5.31. The molecule has 0 N–H and O–H groups in total. The van der Waals surface area contributed by atoms with Crippen LogP contribution < -0.4 is 4.90 Å². The topological polar surface area (TPSA) is 45.7 Å². The maximum absolute atomic E-state index is 13.1. The second-order valence-electron chi connectivity index (χ2n) is 7.75. The van der Waals surface area contributed by atoms with E-state index in [2.05, 4.69) is 30.0 Å². The summed E-state index contributed by atoms with van der Waals surface area (Å²) < 4.78 is 7.00. The molecule has 3 unspecified atom stereocenters. The molecule has 3 atom stereocenters. The number of fused-ring (bicyclic) bond motifs is 1. The molecule has 2 aliphatic rings. The summed E-state index contributed by atoms with van der Waals surface area (Å²) in [5, 5.41) is 1.05. The highest BCUT2D eigenvalue weighted by Gasteiger charge is 2.33. The lowest BCUT2D eigenvalue weighted by Crippen LogP contribution is -2.52. The zero-order chi connectivity index (χ0) is 18.3. The Morgan fingerprint density at radius 2 is 2.00 bits per heavy atom. The lowest BCUT2D eigenvalue weighted by Gasteiger charge is -2.39. The lowest BCUT2D eigenvalue weighted by atomic mass is 9.96. The van der Waals surface area contributed by atoms with Crippen LogP contribution in [0.25, 0.3) is 10.2 Å². The first-order valence-corrected chi connectivity index (χ1v) is 10.4. The van der Waals surface area contributed by atoms with E-state index in [4.69, 9.17) is 9.72 Å². The van der Waals surface area contributed by atoms with Crippen LogP contribution >= 0.6 is 11.3 Å². The Morgan fingerprint density at radius 3 is 2.77 bits per heavy atom. The Hall–Kier alpha value is -1.66.